The van der Waals surface area contributed by atoms with E-state index in [2.05, 4.69) is 5.32 Å². The third-order valence-corrected chi connectivity index (χ3v) is 5.18. The number of piperazine rings is 1. The number of hydrogen-bond donors (Lipinski definition) is 2. The van der Waals surface area contributed by atoms with Gasteiger partial charge in [0, 0.05) is 32.7 Å². The van der Waals surface area contributed by atoms with Gasteiger partial charge in [-0.3, -0.25) is 4.79 Å². The van der Waals surface area contributed by atoms with Crippen LogP contribution in [0.5, 0.6) is 0 Å². The van der Waals surface area contributed by atoms with Gasteiger partial charge < -0.3 is 15.3 Å². The molecule has 2 fully saturated rings. The van der Waals surface area contributed by atoms with Crippen molar-refractivity contribution in [3.8, 4) is 0 Å². The molecule has 2 N–H and O–H groups in total. The number of carbonyl (C=O) groups excluding carboxylic acids is 1. The highest BCUT2D eigenvalue weighted by molar-refractivity contribution is 7.88. The molecule has 0 spiro atoms. The lowest BCUT2D eigenvalue weighted by Gasteiger charge is -2.33. The maximum absolute atomic E-state index is 11.9. The van der Waals surface area contributed by atoms with E-state index in [1.807, 2.05) is 0 Å². The molecule has 8 nitrogen and oxygen atoms in total. The minimum absolute atomic E-state index is 0.132. The molecule has 1 aliphatic carbocycles. The summed E-state index contributed by atoms with van der Waals surface area (Å²) in [5.41, 5.74) is -0.787. The Labute approximate surface area is 117 Å². The standard InChI is InChI=1S/C11H19N3O5S/c1-20(18,19)14-6-4-13(5-7-14)10(17)12-8-11(2-3-11)9(15)16/h2-8H2,1H3,(H,12,17)(H,15,16). The smallest absolute Gasteiger partial charge is 0.317 e. The van der Waals surface area contributed by atoms with Gasteiger partial charge in [-0.25, -0.2) is 13.2 Å². The second-order valence-corrected chi connectivity index (χ2v) is 7.38. The zero-order valence-electron chi connectivity index (χ0n) is 11.3. The minimum atomic E-state index is -3.21. The molecular formula is C11H19N3O5S. The van der Waals surface area contributed by atoms with Crippen LogP contribution in [0.15, 0.2) is 0 Å². The van der Waals surface area contributed by atoms with Crippen molar-refractivity contribution in [3.63, 3.8) is 0 Å². The van der Waals surface area contributed by atoms with Crippen molar-refractivity contribution >= 4 is 22.0 Å². The number of urea groups is 1. The Morgan fingerprint density at radius 3 is 2.15 bits per heavy atom. The van der Waals surface area contributed by atoms with Crippen molar-refractivity contribution in [3.05, 3.63) is 0 Å². The number of nitrogens with one attached hydrogen (secondary N) is 1. The average Bonchev–Trinajstić information content (AvgIpc) is 3.16. The van der Waals surface area contributed by atoms with E-state index >= 15 is 0 Å². The first-order valence-corrected chi connectivity index (χ1v) is 8.31. The summed E-state index contributed by atoms with van der Waals surface area (Å²) in [6.45, 7) is 1.32. The predicted molar refractivity (Wildman–Crippen MR) is 70.7 cm³/mol. The lowest BCUT2D eigenvalue weighted by atomic mass is 10.1. The molecule has 0 aromatic heterocycles. The van der Waals surface area contributed by atoms with Crippen LogP contribution in [-0.4, -0.2) is 73.7 Å². The van der Waals surface area contributed by atoms with Crippen LogP contribution in [0.1, 0.15) is 12.8 Å². The number of aliphatic carboxylic acids is 1. The molecule has 2 aliphatic rings. The van der Waals surface area contributed by atoms with Crippen LogP contribution in [-0.2, 0) is 14.8 Å². The summed E-state index contributed by atoms with van der Waals surface area (Å²) in [4.78, 5) is 24.4. The van der Waals surface area contributed by atoms with Gasteiger partial charge in [-0.15, -0.1) is 0 Å². The van der Waals surface area contributed by atoms with Crippen molar-refractivity contribution in [2.75, 3.05) is 39.0 Å². The van der Waals surface area contributed by atoms with Crippen LogP contribution in [0.3, 0.4) is 0 Å². The van der Waals surface area contributed by atoms with Gasteiger partial charge >= 0.3 is 12.0 Å². The molecule has 114 valence electrons. The fraction of sp³-hybridized carbons (Fsp3) is 0.818. The summed E-state index contributed by atoms with van der Waals surface area (Å²) in [6.07, 6.45) is 2.32. The Balaban J connectivity index is 1.79. The fourth-order valence-electron chi connectivity index (χ4n) is 2.20. The van der Waals surface area contributed by atoms with Crippen LogP contribution in [0.4, 0.5) is 4.79 Å². The van der Waals surface area contributed by atoms with E-state index < -0.39 is 21.4 Å². The maximum atomic E-state index is 11.9. The molecule has 0 aromatic carbocycles. The lowest BCUT2D eigenvalue weighted by Crippen LogP contribution is -2.53. The summed E-state index contributed by atoms with van der Waals surface area (Å²) in [5.74, 6) is -0.875. The molecule has 2 amide bonds. The largest absolute Gasteiger partial charge is 0.481 e. The Morgan fingerprint density at radius 2 is 1.75 bits per heavy atom. The quantitative estimate of drug-likeness (QED) is 0.702. The van der Waals surface area contributed by atoms with Crippen LogP contribution < -0.4 is 5.32 Å². The summed E-state index contributed by atoms with van der Waals surface area (Å²) in [7, 11) is -3.21. The summed E-state index contributed by atoms with van der Waals surface area (Å²) < 4.78 is 24.0. The minimum Gasteiger partial charge on any atom is -0.481 e. The van der Waals surface area contributed by atoms with E-state index in [0.717, 1.165) is 6.26 Å². The molecule has 20 heavy (non-hydrogen) atoms. The number of sulfonamides is 1. The molecule has 1 saturated heterocycles. The molecule has 0 bridgehead atoms. The molecule has 9 heteroatoms. The average molecular weight is 305 g/mol. The Hall–Kier alpha value is -1.35. The zero-order chi connectivity index (χ0) is 15.0. The first-order chi connectivity index (χ1) is 9.24. The second-order valence-electron chi connectivity index (χ2n) is 5.39. The Bertz CT molecular complexity index is 506. The molecule has 1 aliphatic heterocycles. The van der Waals surface area contributed by atoms with Crippen molar-refractivity contribution in [1.82, 2.24) is 14.5 Å². The van der Waals surface area contributed by atoms with E-state index in [1.165, 1.54) is 9.21 Å². The summed E-state index contributed by atoms with van der Waals surface area (Å²) >= 11 is 0. The molecule has 2 rings (SSSR count). The van der Waals surface area contributed by atoms with E-state index in [0.29, 0.717) is 25.9 Å². The van der Waals surface area contributed by atoms with Gasteiger partial charge in [0.05, 0.1) is 11.7 Å². The van der Waals surface area contributed by atoms with Crippen molar-refractivity contribution in [2.24, 2.45) is 5.41 Å². The van der Waals surface area contributed by atoms with E-state index in [9.17, 15) is 18.0 Å². The monoisotopic (exact) mass is 305 g/mol. The first-order valence-electron chi connectivity index (χ1n) is 6.46. The Morgan fingerprint density at radius 1 is 1.20 bits per heavy atom. The maximum Gasteiger partial charge on any atom is 0.317 e. The molecule has 1 saturated carbocycles. The van der Waals surface area contributed by atoms with Crippen LogP contribution >= 0.6 is 0 Å². The molecule has 0 atom stereocenters. The zero-order valence-corrected chi connectivity index (χ0v) is 12.1. The van der Waals surface area contributed by atoms with Crippen molar-refractivity contribution in [1.29, 1.82) is 0 Å². The van der Waals surface area contributed by atoms with Gasteiger partial charge in [0.25, 0.3) is 0 Å². The van der Waals surface area contributed by atoms with Crippen LogP contribution in [0, 0.1) is 5.41 Å². The van der Waals surface area contributed by atoms with Crippen LogP contribution in [0.25, 0.3) is 0 Å². The van der Waals surface area contributed by atoms with E-state index in [4.69, 9.17) is 5.11 Å². The predicted octanol–water partition coefficient (Wildman–Crippen LogP) is -0.862. The van der Waals surface area contributed by atoms with Gasteiger partial charge in [0.15, 0.2) is 0 Å². The third kappa shape index (κ3) is 3.21. The highest BCUT2D eigenvalue weighted by Gasteiger charge is 2.50. The van der Waals surface area contributed by atoms with Gasteiger partial charge in [0.2, 0.25) is 10.0 Å². The molecular weight excluding hydrogens is 286 g/mol. The molecule has 0 aromatic rings. The molecule has 0 unspecified atom stereocenters. The number of carbonyl (C=O) groups is 2. The van der Waals surface area contributed by atoms with Crippen molar-refractivity contribution < 1.29 is 23.1 Å². The number of amides is 2. The molecule has 0 radical (unpaired) electrons. The number of rotatable bonds is 4. The highest BCUT2D eigenvalue weighted by Crippen LogP contribution is 2.45. The topological polar surface area (TPSA) is 107 Å². The summed E-state index contributed by atoms with van der Waals surface area (Å²) in [5, 5.41) is 11.6. The highest BCUT2D eigenvalue weighted by atomic mass is 32.2. The number of hydrogen-bond acceptors (Lipinski definition) is 4. The Kier molecular flexibility index (Phi) is 3.92. The normalized spacial score (nSPS) is 22.4. The van der Waals surface area contributed by atoms with Crippen LogP contribution in [0.2, 0.25) is 0 Å². The SMILES string of the molecule is CS(=O)(=O)N1CCN(C(=O)NCC2(C(=O)O)CC2)CC1. The van der Waals surface area contributed by atoms with E-state index in [1.54, 1.807) is 0 Å². The fourth-order valence-corrected chi connectivity index (χ4v) is 3.02. The summed E-state index contributed by atoms with van der Waals surface area (Å²) in [6, 6.07) is -0.328. The van der Waals surface area contributed by atoms with Gasteiger partial charge in [-0.2, -0.15) is 4.31 Å². The second kappa shape index (κ2) is 5.21. The molecule has 1 heterocycles. The first kappa shape index (κ1) is 15.0. The third-order valence-electron chi connectivity index (χ3n) is 3.88. The lowest BCUT2D eigenvalue weighted by molar-refractivity contribution is -0.143. The van der Waals surface area contributed by atoms with Gasteiger partial charge in [-0.1, -0.05) is 0 Å². The number of carboxylic acids is 1. The van der Waals surface area contributed by atoms with Gasteiger partial charge in [0.1, 0.15) is 0 Å². The van der Waals surface area contributed by atoms with E-state index in [-0.39, 0.29) is 25.7 Å². The number of carboxylic acid groups (broad SMARTS) is 1. The van der Waals surface area contributed by atoms with Gasteiger partial charge in [-0.05, 0) is 12.8 Å². The number of nitrogens with zero attached hydrogens (tertiary/aromatic N) is 2. The van der Waals surface area contributed by atoms with Crippen molar-refractivity contribution in [2.45, 2.75) is 12.8 Å².